The van der Waals surface area contributed by atoms with E-state index in [0.717, 1.165) is 42.8 Å². The molecule has 1 aliphatic heterocycles. The predicted molar refractivity (Wildman–Crippen MR) is 87.6 cm³/mol. The van der Waals surface area contributed by atoms with E-state index in [1.165, 1.54) is 6.07 Å². The molecule has 2 heterocycles. The number of aryl methyl sites for hydroxylation is 1. The summed E-state index contributed by atoms with van der Waals surface area (Å²) in [7, 11) is 2.15. The van der Waals surface area contributed by atoms with Crippen LogP contribution in [0, 0.1) is 5.82 Å². The normalized spacial score (nSPS) is 17.7. The van der Waals surface area contributed by atoms with Crippen molar-refractivity contribution in [3.8, 4) is 0 Å². The standard InChI is InChI=1S/C15H18BrClFN3/c1-20-6-3-10(4-7-20)21-14-8-11(16)12(18)9-13(14)19-15(21)2-5-17/h8-10H,2-7H2,1H3. The first-order valence-corrected chi connectivity index (χ1v) is 8.53. The Kier molecular flexibility index (Phi) is 4.52. The highest BCUT2D eigenvalue weighted by Crippen LogP contribution is 2.31. The van der Waals surface area contributed by atoms with E-state index in [0.29, 0.717) is 22.8 Å². The average molecular weight is 375 g/mol. The Bertz CT molecular complexity index is 650. The van der Waals surface area contributed by atoms with Crippen LogP contribution in [0.25, 0.3) is 11.0 Å². The van der Waals surface area contributed by atoms with Crippen molar-refractivity contribution in [2.45, 2.75) is 25.3 Å². The van der Waals surface area contributed by atoms with Crippen LogP contribution in [-0.2, 0) is 6.42 Å². The Morgan fingerprint density at radius 2 is 2.10 bits per heavy atom. The second kappa shape index (κ2) is 6.23. The van der Waals surface area contributed by atoms with E-state index in [9.17, 15) is 4.39 Å². The zero-order chi connectivity index (χ0) is 15.0. The lowest BCUT2D eigenvalue weighted by atomic mass is 10.0. The lowest BCUT2D eigenvalue weighted by molar-refractivity contribution is 0.221. The number of alkyl halides is 1. The van der Waals surface area contributed by atoms with Crippen LogP contribution in [0.15, 0.2) is 16.6 Å². The van der Waals surface area contributed by atoms with Crippen molar-refractivity contribution in [2.24, 2.45) is 0 Å². The van der Waals surface area contributed by atoms with Gasteiger partial charge in [-0.2, -0.15) is 0 Å². The van der Waals surface area contributed by atoms with E-state index >= 15 is 0 Å². The SMILES string of the molecule is CN1CCC(n2c(CCCl)nc3cc(F)c(Br)cc32)CC1. The zero-order valence-electron chi connectivity index (χ0n) is 12.0. The Labute approximate surface area is 137 Å². The van der Waals surface area contributed by atoms with E-state index in [-0.39, 0.29) is 5.82 Å². The summed E-state index contributed by atoms with van der Waals surface area (Å²) < 4.78 is 16.5. The number of halogens is 3. The lowest BCUT2D eigenvalue weighted by Crippen LogP contribution is -2.32. The van der Waals surface area contributed by atoms with Crippen molar-refractivity contribution >= 4 is 38.6 Å². The third-order valence-electron chi connectivity index (χ3n) is 4.18. The summed E-state index contributed by atoms with van der Waals surface area (Å²) in [6.07, 6.45) is 2.89. The van der Waals surface area contributed by atoms with E-state index in [4.69, 9.17) is 11.6 Å². The van der Waals surface area contributed by atoms with Crippen molar-refractivity contribution in [1.29, 1.82) is 0 Å². The highest BCUT2D eigenvalue weighted by atomic mass is 79.9. The molecule has 0 radical (unpaired) electrons. The minimum absolute atomic E-state index is 0.270. The largest absolute Gasteiger partial charge is 0.325 e. The van der Waals surface area contributed by atoms with Gasteiger partial charge in [0.25, 0.3) is 0 Å². The first-order valence-electron chi connectivity index (χ1n) is 7.20. The van der Waals surface area contributed by atoms with Gasteiger partial charge in [0.15, 0.2) is 0 Å². The molecule has 0 N–H and O–H groups in total. The molecule has 0 amide bonds. The van der Waals surface area contributed by atoms with Gasteiger partial charge in [-0.25, -0.2) is 9.37 Å². The van der Waals surface area contributed by atoms with Gasteiger partial charge in [-0.15, -0.1) is 11.6 Å². The fourth-order valence-corrected chi connectivity index (χ4v) is 3.56. The average Bonchev–Trinajstić information content (AvgIpc) is 2.78. The molecule has 0 saturated carbocycles. The van der Waals surface area contributed by atoms with Crippen molar-refractivity contribution in [2.75, 3.05) is 26.0 Å². The number of aromatic nitrogens is 2. The van der Waals surface area contributed by atoms with Gasteiger partial charge >= 0.3 is 0 Å². The van der Waals surface area contributed by atoms with Crippen LogP contribution < -0.4 is 0 Å². The number of likely N-dealkylation sites (tertiary alicyclic amines) is 1. The van der Waals surface area contributed by atoms with Crippen molar-refractivity contribution in [3.05, 3.63) is 28.2 Å². The Morgan fingerprint density at radius 3 is 2.76 bits per heavy atom. The van der Waals surface area contributed by atoms with Gasteiger partial charge in [-0.3, -0.25) is 0 Å². The molecule has 0 aliphatic carbocycles. The second-order valence-corrected chi connectivity index (χ2v) is 6.86. The molecule has 3 rings (SSSR count). The first kappa shape index (κ1) is 15.3. The number of imidazole rings is 1. The minimum atomic E-state index is -0.270. The molecule has 0 unspecified atom stereocenters. The topological polar surface area (TPSA) is 21.1 Å². The maximum absolute atomic E-state index is 13.7. The Balaban J connectivity index is 2.09. The van der Waals surface area contributed by atoms with Crippen molar-refractivity contribution in [3.63, 3.8) is 0 Å². The number of nitrogens with zero attached hydrogens (tertiary/aromatic N) is 3. The fraction of sp³-hybridized carbons (Fsp3) is 0.533. The minimum Gasteiger partial charge on any atom is -0.325 e. The van der Waals surface area contributed by atoms with Gasteiger partial charge in [0.1, 0.15) is 11.6 Å². The third kappa shape index (κ3) is 2.96. The number of rotatable bonds is 3. The Hall–Kier alpha value is -0.650. The molecule has 1 fully saturated rings. The number of benzene rings is 1. The van der Waals surface area contributed by atoms with Crippen molar-refractivity contribution < 1.29 is 4.39 Å². The monoisotopic (exact) mass is 373 g/mol. The van der Waals surface area contributed by atoms with E-state index in [2.05, 4.69) is 37.4 Å². The Morgan fingerprint density at radius 1 is 1.38 bits per heavy atom. The first-order chi connectivity index (χ1) is 10.1. The maximum Gasteiger partial charge on any atom is 0.139 e. The quantitative estimate of drug-likeness (QED) is 0.758. The molecule has 1 aliphatic rings. The van der Waals surface area contributed by atoms with Gasteiger partial charge in [0, 0.05) is 24.4 Å². The summed E-state index contributed by atoms with van der Waals surface area (Å²) >= 11 is 9.20. The molecular weight excluding hydrogens is 357 g/mol. The highest BCUT2D eigenvalue weighted by molar-refractivity contribution is 9.10. The molecule has 0 bridgehead atoms. The van der Waals surface area contributed by atoms with Crippen LogP contribution in [0.1, 0.15) is 24.7 Å². The van der Waals surface area contributed by atoms with E-state index < -0.39 is 0 Å². The van der Waals surface area contributed by atoms with Crippen LogP contribution in [0.4, 0.5) is 4.39 Å². The molecule has 6 heteroatoms. The summed E-state index contributed by atoms with van der Waals surface area (Å²) in [5.41, 5.74) is 1.72. The molecule has 0 spiro atoms. The molecule has 1 aromatic heterocycles. The van der Waals surface area contributed by atoms with Gasteiger partial charge in [-0.05, 0) is 55.0 Å². The summed E-state index contributed by atoms with van der Waals surface area (Å²) in [6.45, 7) is 2.15. The van der Waals surface area contributed by atoms with Crippen molar-refractivity contribution in [1.82, 2.24) is 14.5 Å². The zero-order valence-corrected chi connectivity index (χ0v) is 14.3. The van der Waals surface area contributed by atoms with Gasteiger partial charge in [-0.1, -0.05) is 0 Å². The number of hydrogen-bond donors (Lipinski definition) is 0. The maximum atomic E-state index is 13.7. The highest BCUT2D eigenvalue weighted by Gasteiger charge is 2.23. The number of piperidine rings is 1. The van der Waals surface area contributed by atoms with Crippen LogP contribution in [0.3, 0.4) is 0 Å². The molecule has 2 aromatic rings. The lowest BCUT2D eigenvalue weighted by Gasteiger charge is -2.31. The molecule has 3 nitrogen and oxygen atoms in total. The van der Waals surface area contributed by atoms with E-state index in [1.807, 2.05) is 6.07 Å². The summed E-state index contributed by atoms with van der Waals surface area (Å²) in [5.74, 6) is 1.22. The van der Waals surface area contributed by atoms with Crippen LogP contribution in [0.2, 0.25) is 0 Å². The molecular formula is C15H18BrClFN3. The fourth-order valence-electron chi connectivity index (χ4n) is 3.06. The third-order valence-corrected chi connectivity index (χ3v) is 4.97. The predicted octanol–water partition coefficient (Wildman–Crippen LogP) is 3.99. The second-order valence-electron chi connectivity index (χ2n) is 5.63. The smallest absolute Gasteiger partial charge is 0.139 e. The summed E-state index contributed by atoms with van der Waals surface area (Å²) in [5, 5.41) is 0. The van der Waals surface area contributed by atoms with Crippen LogP contribution >= 0.6 is 27.5 Å². The van der Waals surface area contributed by atoms with E-state index in [1.54, 1.807) is 0 Å². The summed E-state index contributed by atoms with van der Waals surface area (Å²) in [4.78, 5) is 6.94. The molecule has 0 atom stereocenters. The number of hydrogen-bond acceptors (Lipinski definition) is 2. The van der Waals surface area contributed by atoms with Gasteiger partial charge in [0.05, 0.1) is 15.5 Å². The molecule has 21 heavy (non-hydrogen) atoms. The molecule has 1 aromatic carbocycles. The van der Waals surface area contributed by atoms with Crippen LogP contribution in [0.5, 0.6) is 0 Å². The van der Waals surface area contributed by atoms with Gasteiger partial charge < -0.3 is 9.47 Å². The van der Waals surface area contributed by atoms with Gasteiger partial charge in [0.2, 0.25) is 0 Å². The summed E-state index contributed by atoms with van der Waals surface area (Å²) in [6, 6.07) is 3.76. The van der Waals surface area contributed by atoms with Crippen LogP contribution in [-0.4, -0.2) is 40.5 Å². The molecule has 114 valence electrons. The number of fused-ring (bicyclic) bond motifs is 1. The molecule has 1 saturated heterocycles.